The average molecular weight is 564 g/mol. The van der Waals surface area contributed by atoms with Crippen molar-refractivity contribution in [2.75, 3.05) is 43.4 Å². The minimum Gasteiger partial charge on any atom is -0.396 e. The molecule has 2 aromatic heterocycles. The number of aliphatic hydroxyl groups excluding tert-OH is 1. The van der Waals surface area contributed by atoms with Gasteiger partial charge in [0.05, 0.1) is 17.9 Å². The number of aromatic amines is 1. The summed E-state index contributed by atoms with van der Waals surface area (Å²) in [6.07, 6.45) is 4.49. The number of nitrogens with zero attached hydrogens (tertiary/aromatic N) is 2. The van der Waals surface area contributed by atoms with Crippen LogP contribution in [0.5, 0.6) is 0 Å². The van der Waals surface area contributed by atoms with Gasteiger partial charge in [-0.1, -0.05) is 37.7 Å². The number of pyridine rings is 1. The fourth-order valence-corrected chi connectivity index (χ4v) is 3.42. The number of carbonyl (C=O) groups is 1. The summed E-state index contributed by atoms with van der Waals surface area (Å²) in [6.45, 7) is 7.23. The molecule has 0 aliphatic heterocycles. The highest BCUT2D eigenvalue weighted by atomic mass is 35.5. The van der Waals surface area contributed by atoms with Gasteiger partial charge in [-0.25, -0.2) is 9.37 Å². The summed E-state index contributed by atoms with van der Waals surface area (Å²) in [6, 6.07) is 9.29. The Morgan fingerprint density at radius 2 is 1.87 bits per heavy atom. The summed E-state index contributed by atoms with van der Waals surface area (Å²) >= 11 is 11.3. The molecule has 0 aliphatic carbocycles. The van der Waals surface area contributed by atoms with Crippen molar-refractivity contribution < 1.29 is 14.3 Å². The molecule has 0 unspecified atom stereocenters. The molecule has 0 saturated heterocycles. The third-order valence-electron chi connectivity index (χ3n) is 4.96. The van der Waals surface area contributed by atoms with E-state index in [1.54, 1.807) is 24.4 Å². The van der Waals surface area contributed by atoms with Gasteiger partial charge in [0, 0.05) is 35.1 Å². The highest BCUT2D eigenvalue weighted by Crippen LogP contribution is 2.27. The third-order valence-corrected chi connectivity index (χ3v) is 5.50. The van der Waals surface area contributed by atoms with Crippen LogP contribution in [-0.4, -0.2) is 59.0 Å². The molecule has 2 heterocycles. The zero-order chi connectivity index (χ0) is 27.8. The lowest BCUT2D eigenvalue weighted by atomic mass is 10.1. The third kappa shape index (κ3) is 11.2. The zero-order valence-corrected chi connectivity index (χ0v) is 23.2. The quantitative estimate of drug-likeness (QED) is 0.126. The Balaban J connectivity index is 0.00000118. The maximum absolute atomic E-state index is 14.3. The number of aromatic nitrogens is 3. The lowest BCUT2D eigenvalue weighted by molar-refractivity contribution is -0.115. The number of benzene rings is 1. The second-order valence-corrected chi connectivity index (χ2v) is 9.07. The molecular weight excluding hydrogens is 529 g/mol. The van der Waals surface area contributed by atoms with Crippen molar-refractivity contribution in [3.05, 3.63) is 58.1 Å². The van der Waals surface area contributed by atoms with Crippen LogP contribution in [0.15, 0.2) is 42.6 Å². The predicted octanol–water partition coefficient (Wildman–Crippen LogP) is 5.04. The van der Waals surface area contributed by atoms with E-state index in [1.807, 2.05) is 6.92 Å². The summed E-state index contributed by atoms with van der Waals surface area (Å²) in [5.41, 5.74) is 1.75. The molecule has 3 aromatic rings. The van der Waals surface area contributed by atoms with Crippen LogP contribution in [0, 0.1) is 10.5 Å². The SMILES string of the molecule is CCCNCCCNCC(=O)Nc1cc(Nc2cc(-c3cc(Cl)ccc3F)n[nH]c2=S)ccn1.CCCO. The number of aliphatic hydroxyl groups is 1. The molecule has 12 heteroatoms. The number of hydrogen-bond acceptors (Lipinski definition) is 8. The van der Waals surface area contributed by atoms with E-state index in [4.69, 9.17) is 28.9 Å². The second-order valence-electron chi connectivity index (χ2n) is 8.23. The van der Waals surface area contributed by atoms with Crippen molar-refractivity contribution >= 4 is 46.9 Å². The van der Waals surface area contributed by atoms with Crippen LogP contribution in [0.25, 0.3) is 11.3 Å². The number of carbonyl (C=O) groups excluding carboxylic acids is 1. The molecule has 0 aliphatic rings. The largest absolute Gasteiger partial charge is 0.396 e. The molecule has 6 N–H and O–H groups in total. The van der Waals surface area contributed by atoms with Crippen molar-refractivity contribution in [3.63, 3.8) is 0 Å². The molecule has 0 radical (unpaired) electrons. The predicted molar refractivity (Wildman–Crippen MR) is 154 cm³/mol. The van der Waals surface area contributed by atoms with Gasteiger partial charge < -0.3 is 26.4 Å². The average Bonchev–Trinajstić information content (AvgIpc) is 2.91. The molecular formula is C26H35ClFN7O2S. The number of hydrogen-bond donors (Lipinski definition) is 6. The van der Waals surface area contributed by atoms with E-state index >= 15 is 0 Å². The standard InChI is InChI=1S/C23H27ClFN7OS.C3H8O/c1-2-7-26-8-3-9-27-14-22(33)30-21-12-16(6-10-28-21)29-20-13-19(31-32-23(20)34)17-11-15(24)4-5-18(17)25;1-2-3-4/h4-6,10-13,26-27H,2-3,7-9,14H2,1H3,(H,32,34)(H2,28,29,30,31,33);4H,2-3H2,1H3. The number of amides is 1. The van der Waals surface area contributed by atoms with Gasteiger partial charge in [-0.2, -0.15) is 5.10 Å². The van der Waals surface area contributed by atoms with Crippen molar-refractivity contribution in [2.45, 2.75) is 33.1 Å². The summed E-state index contributed by atoms with van der Waals surface area (Å²) in [4.78, 5) is 16.4. The lowest BCUT2D eigenvalue weighted by Crippen LogP contribution is -2.30. The van der Waals surface area contributed by atoms with Gasteiger partial charge in [0.1, 0.15) is 16.3 Å². The van der Waals surface area contributed by atoms with Crippen LogP contribution < -0.4 is 21.3 Å². The summed E-state index contributed by atoms with van der Waals surface area (Å²) in [5.74, 6) is -0.245. The van der Waals surface area contributed by atoms with E-state index < -0.39 is 5.82 Å². The molecule has 1 amide bonds. The van der Waals surface area contributed by atoms with Gasteiger partial charge in [0.25, 0.3) is 0 Å². The van der Waals surface area contributed by atoms with E-state index in [-0.39, 0.29) is 18.0 Å². The highest BCUT2D eigenvalue weighted by Gasteiger charge is 2.11. The fourth-order valence-electron chi connectivity index (χ4n) is 3.09. The maximum Gasteiger partial charge on any atom is 0.239 e. The monoisotopic (exact) mass is 563 g/mol. The zero-order valence-electron chi connectivity index (χ0n) is 21.6. The Morgan fingerprint density at radius 1 is 1.11 bits per heavy atom. The Morgan fingerprint density at radius 3 is 2.61 bits per heavy atom. The molecule has 3 rings (SSSR count). The molecule has 0 atom stereocenters. The first-order valence-corrected chi connectivity index (χ1v) is 13.3. The van der Waals surface area contributed by atoms with Gasteiger partial charge in [-0.05, 0) is 69.2 Å². The van der Waals surface area contributed by atoms with Crippen molar-refractivity contribution in [2.24, 2.45) is 0 Å². The van der Waals surface area contributed by atoms with Crippen LogP contribution in [0.4, 0.5) is 21.6 Å². The fraction of sp³-hybridized carbons (Fsp3) is 0.385. The Bertz CT molecular complexity index is 1210. The second kappa shape index (κ2) is 17.5. The smallest absolute Gasteiger partial charge is 0.239 e. The van der Waals surface area contributed by atoms with E-state index in [1.165, 1.54) is 18.2 Å². The topological polar surface area (TPSA) is 127 Å². The first-order valence-electron chi connectivity index (χ1n) is 12.5. The minimum absolute atomic E-state index is 0.189. The van der Waals surface area contributed by atoms with Gasteiger partial charge in [0.15, 0.2) is 0 Å². The Hall–Kier alpha value is -2.96. The van der Waals surface area contributed by atoms with Crippen LogP contribution in [-0.2, 0) is 4.79 Å². The first kappa shape index (κ1) is 31.3. The number of anilines is 3. The molecule has 0 bridgehead atoms. The number of rotatable bonds is 13. The normalized spacial score (nSPS) is 10.4. The molecule has 9 nitrogen and oxygen atoms in total. The van der Waals surface area contributed by atoms with Crippen molar-refractivity contribution in [3.8, 4) is 11.3 Å². The summed E-state index contributed by atoms with van der Waals surface area (Å²) in [5, 5.41) is 27.5. The van der Waals surface area contributed by atoms with E-state index in [0.717, 1.165) is 38.9 Å². The van der Waals surface area contributed by atoms with Gasteiger partial charge in [-0.15, -0.1) is 0 Å². The van der Waals surface area contributed by atoms with Crippen LogP contribution in [0.1, 0.15) is 33.1 Å². The van der Waals surface area contributed by atoms with Crippen molar-refractivity contribution in [1.82, 2.24) is 25.8 Å². The molecule has 0 fully saturated rings. The van der Waals surface area contributed by atoms with Crippen LogP contribution >= 0.6 is 23.8 Å². The van der Waals surface area contributed by atoms with Gasteiger partial charge in [-0.3, -0.25) is 9.89 Å². The molecule has 0 saturated carbocycles. The van der Waals surface area contributed by atoms with Gasteiger partial charge >= 0.3 is 0 Å². The molecule has 206 valence electrons. The molecule has 38 heavy (non-hydrogen) atoms. The Labute approximate surface area is 232 Å². The van der Waals surface area contributed by atoms with E-state index in [0.29, 0.717) is 39.2 Å². The van der Waals surface area contributed by atoms with Crippen LogP contribution in [0.3, 0.4) is 0 Å². The minimum atomic E-state index is -0.451. The van der Waals surface area contributed by atoms with Crippen molar-refractivity contribution in [1.29, 1.82) is 0 Å². The maximum atomic E-state index is 14.3. The number of nitrogens with one attached hydrogen (secondary N) is 5. The summed E-state index contributed by atoms with van der Waals surface area (Å²) < 4.78 is 14.6. The van der Waals surface area contributed by atoms with Gasteiger partial charge in [0.2, 0.25) is 5.91 Å². The number of H-pyrrole nitrogens is 1. The lowest BCUT2D eigenvalue weighted by Gasteiger charge is -2.11. The Kier molecular flexibility index (Phi) is 14.4. The first-order chi connectivity index (χ1) is 18.4. The number of halogens is 2. The molecule has 1 aromatic carbocycles. The summed E-state index contributed by atoms with van der Waals surface area (Å²) in [7, 11) is 0. The van der Waals surface area contributed by atoms with E-state index in [9.17, 15) is 9.18 Å². The highest BCUT2D eigenvalue weighted by molar-refractivity contribution is 7.71. The van der Waals surface area contributed by atoms with Crippen LogP contribution in [0.2, 0.25) is 5.02 Å². The molecule has 0 spiro atoms. The van der Waals surface area contributed by atoms with E-state index in [2.05, 4.69) is 43.4 Å².